The van der Waals surface area contributed by atoms with E-state index in [0.29, 0.717) is 61.4 Å². The Balaban J connectivity index is 1.46. The first kappa shape index (κ1) is 27.5. The lowest BCUT2D eigenvalue weighted by Crippen LogP contribution is -2.33. The van der Waals surface area contributed by atoms with Crippen LogP contribution in [0.1, 0.15) is 98.5 Å². The van der Waals surface area contributed by atoms with Crippen molar-refractivity contribution in [3.05, 3.63) is 64.2 Å². The van der Waals surface area contributed by atoms with Crippen molar-refractivity contribution in [1.82, 2.24) is 5.16 Å². The first-order valence-electron chi connectivity index (χ1n) is 13.4. The number of rotatable bonds is 10. The highest BCUT2D eigenvalue weighted by atomic mass is 16.5. The molecule has 0 bridgehead atoms. The molecule has 1 aromatic carbocycles. The lowest BCUT2D eigenvalue weighted by molar-refractivity contribution is -0.137. The number of fused-ring (bicyclic) bond motifs is 1. The molecule has 2 aromatic rings. The number of hydrogen-bond acceptors (Lipinski definition) is 7. The molecule has 0 amide bonds. The Kier molecular flexibility index (Phi) is 8.59. The average molecular weight is 521 g/mol. The summed E-state index contributed by atoms with van der Waals surface area (Å²) in [6.07, 6.45) is 4.51. The van der Waals surface area contributed by atoms with E-state index in [0.717, 1.165) is 18.4 Å². The van der Waals surface area contributed by atoms with Gasteiger partial charge in [0.2, 0.25) is 0 Å². The number of Topliss-reactive ketones (excluding diaryl/α,β-unsaturated/α-hetero) is 2. The van der Waals surface area contributed by atoms with Crippen molar-refractivity contribution in [2.45, 2.75) is 84.0 Å². The van der Waals surface area contributed by atoms with Gasteiger partial charge in [-0.2, -0.15) is 0 Å². The predicted molar refractivity (Wildman–Crippen MR) is 143 cm³/mol. The molecular weight excluding hydrogens is 484 g/mol. The minimum absolute atomic E-state index is 0.0101. The standard InChI is InChI=1S/C30H36N2O6/c1-30(2)17-22(31-14-8-4-7-11-27(36)37)28(25(35)18-30)23(33)13-12-21-29-24(34)15-20(16-26(29)38-32-21)19-9-5-3-6-10-19/h3,5-6,9-10,20,33H,4,7-8,11-18H2,1-2H3,(H,36,37). The molecular formula is C30H36N2O6. The third kappa shape index (κ3) is 6.65. The topological polar surface area (TPSA) is 130 Å². The summed E-state index contributed by atoms with van der Waals surface area (Å²) in [5.74, 6) is -0.345. The maximum atomic E-state index is 13.0. The number of carboxylic acid groups (broad SMARTS) is 1. The van der Waals surface area contributed by atoms with Crippen LogP contribution in [-0.4, -0.2) is 45.2 Å². The largest absolute Gasteiger partial charge is 0.511 e. The van der Waals surface area contributed by atoms with Gasteiger partial charge in [-0.1, -0.05) is 55.8 Å². The second-order valence-electron chi connectivity index (χ2n) is 11.2. The number of hydrogen-bond donors (Lipinski definition) is 2. The van der Waals surface area contributed by atoms with Crippen LogP contribution in [0.3, 0.4) is 0 Å². The first-order valence-corrected chi connectivity index (χ1v) is 13.4. The highest BCUT2D eigenvalue weighted by Crippen LogP contribution is 2.37. The van der Waals surface area contributed by atoms with Gasteiger partial charge in [-0.05, 0) is 36.2 Å². The van der Waals surface area contributed by atoms with Crippen molar-refractivity contribution in [1.29, 1.82) is 0 Å². The normalized spacial score (nSPS) is 21.4. The molecule has 1 saturated carbocycles. The van der Waals surface area contributed by atoms with E-state index in [4.69, 9.17) is 9.63 Å². The van der Waals surface area contributed by atoms with Gasteiger partial charge in [-0.3, -0.25) is 19.4 Å². The van der Waals surface area contributed by atoms with Crippen LogP contribution in [-0.2, 0) is 22.4 Å². The zero-order valence-corrected chi connectivity index (χ0v) is 22.2. The highest BCUT2D eigenvalue weighted by Gasteiger charge is 2.37. The molecule has 1 aromatic heterocycles. The van der Waals surface area contributed by atoms with Gasteiger partial charge in [0.1, 0.15) is 11.5 Å². The van der Waals surface area contributed by atoms with Gasteiger partial charge in [0, 0.05) is 50.8 Å². The van der Waals surface area contributed by atoms with Crippen LogP contribution in [0, 0.1) is 5.41 Å². The molecule has 0 spiro atoms. The molecule has 202 valence electrons. The number of unbranched alkanes of at least 4 members (excludes halogenated alkanes) is 2. The van der Waals surface area contributed by atoms with Crippen molar-refractivity contribution in [3.8, 4) is 0 Å². The molecule has 1 atom stereocenters. The van der Waals surface area contributed by atoms with Crippen molar-refractivity contribution < 1.29 is 29.1 Å². The van der Waals surface area contributed by atoms with Crippen molar-refractivity contribution >= 4 is 23.2 Å². The summed E-state index contributed by atoms with van der Waals surface area (Å²) in [7, 11) is 0. The van der Waals surface area contributed by atoms with Crippen LogP contribution < -0.4 is 0 Å². The Morgan fingerprint density at radius 3 is 2.53 bits per heavy atom. The highest BCUT2D eigenvalue weighted by molar-refractivity contribution is 6.24. The van der Waals surface area contributed by atoms with Crippen LogP contribution in [0.2, 0.25) is 0 Å². The number of aliphatic hydroxyl groups excluding tert-OH is 1. The summed E-state index contributed by atoms with van der Waals surface area (Å²) in [4.78, 5) is 41.4. The maximum Gasteiger partial charge on any atom is 0.303 e. The van der Waals surface area contributed by atoms with Gasteiger partial charge in [0.25, 0.3) is 0 Å². The second-order valence-corrected chi connectivity index (χ2v) is 11.2. The van der Waals surface area contributed by atoms with E-state index in [9.17, 15) is 19.5 Å². The van der Waals surface area contributed by atoms with Crippen LogP contribution >= 0.6 is 0 Å². The van der Waals surface area contributed by atoms with E-state index < -0.39 is 5.97 Å². The summed E-state index contributed by atoms with van der Waals surface area (Å²) in [5.41, 5.74) is 2.76. The van der Waals surface area contributed by atoms with E-state index in [1.165, 1.54) is 0 Å². The second kappa shape index (κ2) is 11.9. The number of carbonyl (C=O) groups is 3. The Bertz CT molecular complexity index is 1250. The molecule has 4 rings (SSSR count). The summed E-state index contributed by atoms with van der Waals surface area (Å²) >= 11 is 0. The lowest BCUT2D eigenvalue weighted by atomic mass is 9.73. The number of carbonyl (C=O) groups excluding carboxylic acids is 2. The molecule has 0 radical (unpaired) electrons. The minimum Gasteiger partial charge on any atom is -0.511 e. The number of aromatic nitrogens is 1. The van der Waals surface area contributed by atoms with Crippen LogP contribution in [0.15, 0.2) is 51.2 Å². The van der Waals surface area contributed by atoms with E-state index in [-0.39, 0.29) is 53.5 Å². The molecule has 1 fully saturated rings. The van der Waals surface area contributed by atoms with Gasteiger partial charge >= 0.3 is 5.97 Å². The van der Waals surface area contributed by atoms with Gasteiger partial charge in [0.15, 0.2) is 11.6 Å². The molecule has 0 aliphatic heterocycles. The van der Waals surface area contributed by atoms with Crippen molar-refractivity contribution in [2.24, 2.45) is 10.4 Å². The number of benzene rings is 1. The Morgan fingerprint density at radius 2 is 1.79 bits per heavy atom. The number of aryl methyl sites for hydroxylation is 1. The molecule has 8 heteroatoms. The molecule has 2 aliphatic rings. The fourth-order valence-corrected chi connectivity index (χ4v) is 5.46. The Hall–Kier alpha value is -3.55. The predicted octanol–water partition coefficient (Wildman–Crippen LogP) is 5.81. The molecule has 2 N–H and O–H groups in total. The summed E-state index contributed by atoms with van der Waals surface area (Å²) in [5, 5.41) is 24.0. The number of allylic oxidation sites excluding steroid dienone is 2. The number of carboxylic acids is 1. The molecule has 1 unspecified atom stereocenters. The van der Waals surface area contributed by atoms with Gasteiger partial charge in [-0.15, -0.1) is 0 Å². The number of aliphatic imine (C=N–C) groups is 1. The zero-order chi connectivity index (χ0) is 27.3. The smallest absolute Gasteiger partial charge is 0.303 e. The fraction of sp³-hybridized carbons (Fsp3) is 0.500. The molecule has 38 heavy (non-hydrogen) atoms. The quantitative estimate of drug-likeness (QED) is 0.230. The number of ketones is 2. The average Bonchev–Trinajstić information content (AvgIpc) is 3.28. The van der Waals surface area contributed by atoms with Crippen LogP contribution in [0.4, 0.5) is 0 Å². The number of nitrogens with zero attached hydrogens (tertiary/aromatic N) is 2. The Morgan fingerprint density at radius 1 is 1.03 bits per heavy atom. The monoisotopic (exact) mass is 520 g/mol. The summed E-state index contributed by atoms with van der Waals surface area (Å²) in [6, 6.07) is 9.90. The molecule has 1 heterocycles. The first-order chi connectivity index (χ1) is 18.1. The van der Waals surface area contributed by atoms with E-state index >= 15 is 0 Å². The zero-order valence-electron chi connectivity index (χ0n) is 22.2. The van der Waals surface area contributed by atoms with E-state index in [1.54, 1.807) is 0 Å². The van der Waals surface area contributed by atoms with Crippen LogP contribution in [0.25, 0.3) is 0 Å². The van der Waals surface area contributed by atoms with Crippen LogP contribution in [0.5, 0.6) is 0 Å². The number of aliphatic hydroxyl groups is 1. The summed E-state index contributed by atoms with van der Waals surface area (Å²) < 4.78 is 5.56. The van der Waals surface area contributed by atoms with Gasteiger partial charge in [0.05, 0.1) is 16.8 Å². The Labute approximate surface area is 222 Å². The lowest BCUT2D eigenvalue weighted by Gasteiger charge is -2.31. The third-order valence-corrected chi connectivity index (χ3v) is 7.34. The third-order valence-electron chi connectivity index (χ3n) is 7.34. The molecule has 0 saturated heterocycles. The summed E-state index contributed by atoms with van der Waals surface area (Å²) in [6.45, 7) is 4.50. The van der Waals surface area contributed by atoms with Gasteiger partial charge < -0.3 is 14.7 Å². The number of aliphatic carboxylic acids is 1. The van der Waals surface area contributed by atoms with Crippen molar-refractivity contribution in [2.75, 3.05) is 6.54 Å². The van der Waals surface area contributed by atoms with Crippen molar-refractivity contribution in [3.63, 3.8) is 0 Å². The molecule has 8 nitrogen and oxygen atoms in total. The van der Waals surface area contributed by atoms with E-state index in [2.05, 4.69) is 10.1 Å². The SMILES string of the molecule is CC1(C)CC(=O)C(=C(O)CCc2noc3c2C(=O)CC(c2ccccc2)C3)C(=NCCCCCC(=O)O)C1. The minimum atomic E-state index is -0.808. The van der Waals surface area contributed by atoms with E-state index in [1.807, 2.05) is 44.2 Å². The maximum absolute atomic E-state index is 13.0. The van der Waals surface area contributed by atoms with Gasteiger partial charge in [-0.25, -0.2) is 0 Å². The molecule has 2 aliphatic carbocycles. The fourth-order valence-electron chi connectivity index (χ4n) is 5.46.